The third-order valence-corrected chi connectivity index (χ3v) is 3.82. The van der Waals surface area contributed by atoms with Crippen LogP contribution in [0.5, 0.6) is 0 Å². The standard InChI is InChI=1S/C9H9NO7S/c11-3-4-18(16,17)8-5-6(9(12)13)1-2-7(8)10(14)15/h1-2,5,11H,3-4H2,(H,12,13). The number of benzene rings is 1. The van der Waals surface area contributed by atoms with E-state index < -0.39 is 43.7 Å². The van der Waals surface area contributed by atoms with Crippen molar-refractivity contribution in [2.75, 3.05) is 12.4 Å². The van der Waals surface area contributed by atoms with Crippen molar-refractivity contribution in [3.63, 3.8) is 0 Å². The van der Waals surface area contributed by atoms with E-state index in [9.17, 15) is 23.3 Å². The first-order valence-corrected chi connectivity index (χ1v) is 6.30. The van der Waals surface area contributed by atoms with Crippen LogP contribution in [0.2, 0.25) is 0 Å². The molecule has 0 aromatic heterocycles. The molecule has 0 aliphatic rings. The second kappa shape index (κ2) is 5.10. The molecule has 0 fully saturated rings. The number of rotatable bonds is 5. The van der Waals surface area contributed by atoms with E-state index in [1.54, 1.807) is 0 Å². The molecule has 9 heteroatoms. The summed E-state index contributed by atoms with van der Waals surface area (Å²) in [5.41, 5.74) is -1.09. The Labute approximate surface area is 102 Å². The Morgan fingerprint density at radius 2 is 2.00 bits per heavy atom. The van der Waals surface area contributed by atoms with E-state index >= 15 is 0 Å². The molecule has 0 saturated heterocycles. The topological polar surface area (TPSA) is 135 Å². The number of carboxylic acid groups (broad SMARTS) is 1. The molecule has 0 radical (unpaired) electrons. The van der Waals surface area contributed by atoms with Crippen LogP contribution >= 0.6 is 0 Å². The van der Waals surface area contributed by atoms with Crippen LogP contribution in [0.25, 0.3) is 0 Å². The molecule has 0 aliphatic heterocycles. The zero-order chi connectivity index (χ0) is 13.9. The van der Waals surface area contributed by atoms with Crippen molar-refractivity contribution in [1.82, 2.24) is 0 Å². The zero-order valence-electron chi connectivity index (χ0n) is 8.94. The number of sulfone groups is 1. The lowest BCUT2D eigenvalue weighted by Crippen LogP contribution is -2.13. The Morgan fingerprint density at radius 1 is 1.39 bits per heavy atom. The number of nitro benzene ring substituents is 1. The summed E-state index contributed by atoms with van der Waals surface area (Å²) >= 11 is 0. The first kappa shape index (κ1) is 14.1. The number of aliphatic hydroxyl groups is 1. The van der Waals surface area contributed by atoms with Crippen molar-refractivity contribution in [3.05, 3.63) is 33.9 Å². The van der Waals surface area contributed by atoms with Gasteiger partial charge in [-0.3, -0.25) is 10.1 Å². The molecule has 0 saturated carbocycles. The number of hydrogen-bond acceptors (Lipinski definition) is 6. The average Bonchev–Trinajstić information content (AvgIpc) is 2.27. The number of carbonyl (C=O) groups is 1. The van der Waals surface area contributed by atoms with Gasteiger partial charge in [0.05, 0.1) is 22.8 Å². The van der Waals surface area contributed by atoms with Crippen LogP contribution < -0.4 is 0 Å². The van der Waals surface area contributed by atoms with E-state index in [2.05, 4.69) is 0 Å². The molecule has 0 heterocycles. The lowest BCUT2D eigenvalue weighted by atomic mass is 10.2. The molecule has 98 valence electrons. The smallest absolute Gasteiger partial charge is 0.335 e. The van der Waals surface area contributed by atoms with Crippen LogP contribution in [0.3, 0.4) is 0 Å². The largest absolute Gasteiger partial charge is 0.478 e. The third kappa shape index (κ3) is 2.81. The maximum absolute atomic E-state index is 11.7. The van der Waals surface area contributed by atoms with Gasteiger partial charge in [-0.05, 0) is 12.1 Å². The summed E-state index contributed by atoms with van der Waals surface area (Å²) in [5, 5.41) is 28.0. The maximum Gasteiger partial charge on any atom is 0.335 e. The fourth-order valence-corrected chi connectivity index (χ4v) is 2.51. The monoisotopic (exact) mass is 275 g/mol. The van der Waals surface area contributed by atoms with E-state index in [0.717, 1.165) is 12.1 Å². The van der Waals surface area contributed by atoms with Crippen LogP contribution in [-0.2, 0) is 9.84 Å². The van der Waals surface area contributed by atoms with Crippen molar-refractivity contribution in [1.29, 1.82) is 0 Å². The lowest BCUT2D eigenvalue weighted by molar-refractivity contribution is -0.387. The Kier molecular flexibility index (Phi) is 3.99. The van der Waals surface area contributed by atoms with Crippen molar-refractivity contribution < 1.29 is 28.3 Å². The Bertz CT molecular complexity index is 593. The molecule has 8 nitrogen and oxygen atoms in total. The highest BCUT2D eigenvalue weighted by Gasteiger charge is 2.26. The van der Waals surface area contributed by atoms with Gasteiger partial charge in [0.2, 0.25) is 0 Å². The maximum atomic E-state index is 11.7. The second-order valence-corrected chi connectivity index (χ2v) is 5.36. The van der Waals surface area contributed by atoms with E-state index in [4.69, 9.17) is 10.2 Å². The summed E-state index contributed by atoms with van der Waals surface area (Å²) in [6.45, 7) is -0.712. The molecule has 1 rings (SSSR count). The predicted octanol–water partition coefficient (Wildman–Crippen LogP) is 0.0590. The van der Waals surface area contributed by atoms with Crippen molar-refractivity contribution in [3.8, 4) is 0 Å². The van der Waals surface area contributed by atoms with E-state index in [-0.39, 0.29) is 5.56 Å². The van der Waals surface area contributed by atoms with Crippen LogP contribution in [-0.4, -0.2) is 41.9 Å². The summed E-state index contributed by atoms with van der Waals surface area (Å²) in [7, 11) is -4.10. The molecule has 1 aromatic rings. The molecule has 0 unspecified atom stereocenters. The molecule has 0 atom stereocenters. The molecule has 0 spiro atoms. The van der Waals surface area contributed by atoms with Gasteiger partial charge in [-0.1, -0.05) is 0 Å². The summed E-state index contributed by atoms with van der Waals surface area (Å²) in [5.74, 6) is -2.11. The van der Waals surface area contributed by atoms with Gasteiger partial charge >= 0.3 is 5.97 Å². The van der Waals surface area contributed by atoms with Crippen molar-refractivity contribution in [2.45, 2.75) is 4.90 Å². The van der Waals surface area contributed by atoms with Gasteiger partial charge in [0.1, 0.15) is 4.90 Å². The van der Waals surface area contributed by atoms with Gasteiger partial charge in [-0.25, -0.2) is 13.2 Å². The van der Waals surface area contributed by atoms with Gasteiger partial charge in [-0.15, -0.1) is 0 Å². The Morgan fingerprint density at radius 3 is 2.44 bits per heavy atom. The highest BCUT2D eigenvalue weighted by atomic mass is 32.2. The molecule has 0 bridgehead atoms. The molecule has 0 aliphatic carbocycles. The van der Waals surface area contributed by atoms with Gasteiger partial charge in [0.15, 0.2) is 9.84 Å². The van der Waals surface area contributed by atoms with E-state index in [1.165, 1.54) is 0 Å². The normalized spacial score (nSPS) is 11.2. The summed E-state index contributed by atoms with van der Waals surface area (Å²) in [4.78, 5) is 19.8. The number of aliphatic hydroxyl groups excluding tert-OH is 1. The average molecular weight is 275 g/mol. The minimum absolute atomic E-state index is 0.378. The highest BCUT2D eigenvalue weighted by molar-refractivity contribution is 7.91. The van der Waals surface area contributed by atoms with Crippen LogP contribution in [0, 0.1) is 10.1 Å². The third-order valence-electron chi connectivity index (χ3n) is 2.10. The van der Waals surface area contributed by atoms with E-state index in [0.29, 0.717) is 6.07 Å². The zero-order valence-corrected chi connectivity index (χ0v) is 9.75. The SMILES string of the molecule is O=C(O)c1ccc([N+](=O)[O-])c(S(=O)(=O)CCO)c1. The van der Waals surface area contributed by atoms with Crippen molar-refractivity contribution >= 4 is 21.5 Å². The quantitative estimate of drug-likeness (QED) is 0.572. The Balaban J connectivity index is 3.51. The highest BCUT2D eigenvalue weighted by Crippen LogP contribution is 2.25. The molecule has 1 aromatic carbocycles. The first-order valence-electron chi connectivity index (χ1n) is 4.65. The number of nitro groups is 1. The number of carboxylic acids is 1. The molecular formula is C9H9NO7S. The molecule has 2 N–H and O–H groups in total. The minimum Gasteiger partial charge on any atom is -0.478 e. The first-order chi connectivity index (χ1) is 8.29. The Hall–Kier alpha value is -2.00. The molecular weight excluding hydrogens is 266 g/mol. The fraction of sp³-hybridized carbons (Fsp3) is 0.222. The number of aromatic carboxylic acids is 1. The van der Waals surface area contributed by atoms with Gasteiger partial charge < -0.3 is 10.2 Å². The van der Waals surface area contributed by atoms with Gasteiger partial charge in [0, 0.05) is 6.07 Å². The molecule has 18 heavy (non-hydrogen) atoms. The second-order valence-electron chi connectivity index (χ2n) is 3.29. The minimum atomic E-state index is -4.10. The fourth-order valence-electron chi connectivity index (χ4n) is 1.28. The van der Waals surface area contributed by atoms with Crippen LogP contribution in [0.15, 0.2) is 23.1 Å². The van der Waals surface area contributed by atoms with Crippen molar-refractivity contribution in [2.24, 2.45) is 0 Å². The van der Waals surface area contributed by atoms with Gasteiger partial charge in [0.25, 0.3) is 5.69 Å². The van der Waals surface area contributed by atoms with E-state index in [1.807, 2.05) is 0 Å². The predicted molar refractivity (Wildman–Crippen MR) is 59.2 cm³/mol. The summed E-state index contributed by atoms with van der Waals surface area (Å²) < 4.78 is 23.3. The molecule has 0 amide bonds. The summed E-state index contributed by atoms with van der Waals surface area (Å²) in [6, 6.07) is 2.47. The summed E-state index contributed by atoms with van der Waals surface area (Å²) in [6.07, 6.45) is 0. The number of nitrogens with zero attached hydrogens (tertiary/aromatic N) is 1. The van der Waals surface area contributed by atoms with Gasteiger partial charge in [-0.2, -0.15) is 0 Å². The van der Waals surface area contributed by atoms with Crippen LogP contribution in [0.4, 0.5) is 5.69 Å². The lowest BCUT2D eigenvalue weighted by Gasteiger charge is -2.04. The number of hydrogen-bond donors (Lipinski definition) is 2. The van der Waals surface area contributed by atoms with Crippen LogP contribution in [0.1, 0.15) is 10.4 Å².